The van der Waals surface area contributed by atoms with E-state index in [2.05, 4.69) is 0 Å². The summed E-state index contributed by atoms with van der Waals surface area (Å²) in [5, 5.41) is 10.9. The molecule has 0 N–H and O–H groups in total. The van der Waals surface area contributed by atoms with Crippen LogP contribution >= 0.6 is 0 Å². The maximum Gasteiger partial charge on any atom is 0.275 e. The standard InChI is InChI=1S/C13H15NO5/c1-7-6-10(18-2)11-8(13(7)19-3)4-5-9(12(11)15)14(16)17/h6,9H,4-5H2,1-3H3/t9-/m0/s1. The van der Waals surface area contributed by atoms with Crippen molar-refractivity contribution < 1.29 is 19.2 Å². The molecule has 6 nitrogen and oxygen atoms in total. The minimum absolute atomic E-state index is 0.196. The van der Waals surface area contributed by atoms with E-state index >= 15 is 0 Å². The molecule has 1 aliphatic rings. The van der Waals surface area contributed by atoms with Gasteiger partial charge in [-0.3, -0.25) is 14.9 Å². The zero-order valence-corrected chi connectivity index (χ0v) is 11.1. The molecular formula is C13H15NO5. The summed E-state index contributed by atoms with van der Waals surface area (Å²) in [7, 11) is 2.98. The molecule has 2 rings (SSSR count). The number of nitrogens with zero attached hydrogens (tertiary/aromatic N) is 1. The lowest BCUT2D eigenvalue weighted by Crippen LogP contribution is -2.35. The summed E-state index contributed by atoms with van der Waals surface area (Å²) in [6, 6.07) is 0.492. The summed E-state index contributed by atoms with van der Waals surface area (Å²) >= 11 is 0. The fourth-order valence-electron chi connectivity index (χ4n) is 2.57. The van der Waals surface area contributed by atoms with Crippen molar-refractivity contribution in [1.29, 1.82) is 0 Å². The van der Waals surface area contributed by atoms with Gasteiger partial charge in [-0.1, -0.05) is 0 Å². The van der Waals surface area contributed by atoms with Crippen molar-refractivity contribution >= 4 is 5.78 Å². The normalized spacial score (nSPS) is 17.8. The molecule has 1 aliphatic carbocycles. The first kappa shape index (κ1) is 13.3. The smallest absolute Gasteiger partial charge is 0.275 e. The van der Waals surface area contributed by atoms with Crippen LogP contribution in [0.2, 0.25) is 0 Å². The van der Waals surface area contributed by atoms with Crippen LogP contribution in [0.5, 0.6) is 11.5 Å². The zero-order valence-electron chi connectivity index (χ0n) is 11.1. The number of fused-ring (bicyclic) bond motifs is 1. The monoisotopic (exact) mass is 265 g/mol. The van der Waals surface area contributed by atoms with Crippen LogP contribution in [0.3, 0.4) is 0 Å². The van der Waals surface area contributed by atoms with Gasteiger partial charge in [-0.05, 0) is 25.0 Å². The molecule has 0 fully saturated rings. The van der Waals surface area contributed by atoms with Gasteiger partial charge in [0.2, 0.25) is 5.78 Å². The molecule has 0 spiro atoms. The number of nitro groups is 1. The van der Waals surface area contributed by atoms with Crippen molar-refractivity contribution in [2.45, 2.75) is 25.8 Å². The SMILES string of the molecule is COc1cc(C)c(OC)c2c1C(=O)[C@@H]([N+](=O)[O-])CC2. The van der Waals surface area contributed by atoms with Gasteiger partial charge in [-0.15, -0.1) is 0 Å². The molecule has 102 valence electrons. The zero-order chi connectivity index (χ0) is 14.2. The quantitative estimate of drug-likeness (QED) is 0.615. The first-order valence-electron chi connectivity index (χ1n) is 5.93. The highest BCUT2D eigenvalue weighted by atomic mass is 16.6. The maximum atomic E-state index is 12.2. The number of rotatable bonds is 3. The fourth-order valence-corrected chi connectivity index (χ4v) is 2.57. The lowest BCUT2D eigenvalue weighted by atomic mass is 9.85. The average molecular weight is 265 g/mol. The highest BCUT2D eigenvalue weighted by molar-refractivity contribution is 6.04. The Labute approximate surface area is 110 Å². The highest BCUT2D eigenvalue weighted by Gasteiger charge is 2.39. The number of aryl methyl sites for hydroxylation is 1. The van der Waals surface area contributed by atoms with E-state index < -0.39 is 16.7 Å². The van der Waals surface area contributed by atoms with E-state index in [-0.39, 0.29) is 12.0 Å². The van der Waals surface area contributed by atoms with E-state index in [0.717, 1.165) is 5.56 Å². The van der Waals surface area contributed by atoms with E-state index in [1.165, 1.54) is 14.2 Å². The van der Waals surface area contributed by atoms with Gasteiger partial charge in [0.1, 0.15) is 11.5 Å². The third kappa shape index (κ3) is 2.03. The topological polar surface area (TPSA) is 78.7 Å². The molecule has 0 aromatic heterocycles. The molecule has 0 saturated carbocycles. The van der Waals surface area contributed by atoms with Gasteiger partial charge in [0.25, 0.3) is 6.04 Å². The molecular weight excluding hydrogens is 250 g/mol. The number of benzene rings is 1. The highest BCUT2D eigenvalue weighted by Crippen LogP contribution is 2.39. The van der Waals surface area contributed by atoms with E-state index in [4.69, 9.17) is 9.47 Å². The summed E-state index contributed by atoms with van der Waals surface area (Å²) in [5.41, 5.74) is 1.85. The number of Topliss-reactive ketones (excluding diaryl/α,β-unsaturated/α-hetero) is 1. The Morgan fingerprint density at radius 3 is 2.58 bits per heavy atom. The molecule has 1 aromatic carbocycles. The van der Waals surface area contributed by atoms with Crippen molar-refractivity contribution in [3.05, 3.63) is 32.9 Å². The lowest BCUT2D eigenvalue weighted by molar-refractivity contribution is -0.506. The summed E-state index contributed by atoms with van der Waals surface area (Å²) < 4.78 is 10.5. The minimum Gasteiger partial charge on any atom is -0.496 e. The van der Waals surface area contributed by atoms with Crippen molar-refractivity contribution in [2.75, 3.05) is 14.2 Å². The summed E-state index contributed by atoms with van der Waals surface area (Å²) in [5.74, 6) is 0.497. The van der Waals surface area contributed by atoms with Gasteiger partial charge < -0.3 is 9.47 Å². The van der Waals surface area contributed by atoms with E-state index in [1.54, 1.807) is 6.07 Å². The number of ether oxygens (including phenoxy) is 2. The molecule has 0 bridgehead atoms. The van der Waals surface area contributed by atoms with Gasteiger partial charge >= 0.3 is 0 Å². The molecule has 6 heteroatoms. The number of hydrogen-bond acceptors (Lipinski definition) is 5. The Morgan fingerprint density at radius 2 is 2.05 bits per heavy atom. The van der Waals surface area contributed by atoms with Crippen LogP contribution in [0, 0.1) is 17.0 Å². The molecule has 0 radical (unpaired) electrons. The van der Waals surface area contributed by atoms with E-state index in [0.29, 0.717) is 23.5 Å². The van der Waals surface area contributed by atoms with E-state index in [9.17, 15) is 14.9 Å². The van der Waals surface area contributed by atoms with Crippen molar-refractivity contribution in [3.63, 3.8) is 0 Å². The predicted molar refractivity (Wildman–Crippen MR) is 67.7 cm³/mol. The molecule has 0 heterocycles. The Bertz CT molecular complexity index is 552. The van der Waals surface area contributed by atoms with Crippen LogP contribution in [0.4, 0.5) is 0 Å². The number of hydrogen-bond donors (Lipinski definition) is 0. The van der Waals surface area contributed by atoms with Crippen LogP contribution < -0.4 is 9.47 Å². The van der Waals surface area contributed by atoms with E-state index in [1.807, 2.05) is 6.92 Å². The van der Waals surface area contributed by atoms with Gasteiger partial charge in [0.05, 0.1) is 19.8 Å². The Balaban J connectivity index is 2.65. The molecule has 0 unspecified atom stereocenters. The van der Waals surface area contributed by atoms with Crippen LogP contribution in [-0.2, 0) is 6.42 Å². The van der Waals surface area contributed by atoms with Crippen LogP contribution in [0.15, 0.2) is 6.07 Å². The molecule has 0 aliphatic heterocycles. The van der Waals surface area contributed by atoms with Crippen LogP contribution in [0.1, 0.15) is 27.9 Å². The second-order valence-electron chi connectivity index (χ2n) is 4.49. The van der Waals surface area contributed by atoms with Crippen molar-refractivity contribution in [2.24, 2.45) is 0 Å². The first-order valence-corrected chi connectivity index (χ1v) is 5.93. The number of ketones is 1. The second-order valence-corrected chi connectivity index (χ2v) is 4.49. The second kappa shape index (κ2) is 4.87. The minimum atomic E-state index is -1.19. The van der Waals surface area contributed by atoms with Crippen LogP contribution in [-0.4, -0.2) is 31.0 Å². The third-order valence-corrected chi connectivity index (χ3v) is 3.42. The van der Waals surface area contributed by atoms with Crippen molar-refractivity contribution in [1.82, 2.24) is 0 Å². The number of carbonyl (C=O) groups is 1. The van der Waals surface area contributed by atoms with Gasteiger partial charge in [-0.25, -0.2) is 0 Å². The Hall–Kier alpha value is -2.11. The lowest BCUT2D eigenvalue weighted by Gasteiger charge is -2.23. The van der Waals surface area contributed by atoms with Gasteiger partial charge in [-0.2, -0.15) is 0 Å². The Morgan fingerprint density at radius 1 is 1.37 bits per heavy atom. The van der Waals surface area contributed by atoms with Crippen LogP contribution in [0.25, 0.3) is 0 Å². The third-order valence-electron chi connectivity index (χ3n) is 3.42. The molecule has 0 saturated heterocycles. The Kier molecular flexibility index (Phi) is 3.42. The molecule has 0 amide bonds. The van der Waals surface area contributed by atoms with Gasteiger partial charge in [0.15, 0.2) is 0 Å². The number of methoxy groups -OCH3 is 2. The predicted octanol–water partition coefficient (Wildman–Crippen LogP) is 1.79. The fraction of sp³-hybridized carbons (Fsp3) is 0.462. The summed E-state index contributed by atoms with van der Waals surface area (Å²) in [6.45, 7) is 1.85. The summed E-state index contributed by atoms with van der Waals surface area (Å²) in [4.78, 5) is 22.6. The van der Waals surface area contributed by atoms with Gasteiger partial charge in [0, 0.05) is 16.9 Å². The first-order chi connectivity index (χ1) is 9.01. The van der Waals surface area contributed by atoms with Crippen molar-refractivity contribution in [3.8, 4) is 11.5 Å². The average Bonchev–Trinajstić information content (AvgIpc) is 2.37. The largest absolute Gasteiger partial charge is 0.496 e. The maximum absolute atomic E-state index is 12.2. The molecule has 19 heavy (non-hydrogen) atoms. The summed E-state index contributed by atoms with van der Waals surface area (Å²) in [6.07, 6.45) is 0.635. The molecule has 1 atom stereocenters. The molecule has 1 aromatic rings. The number of carbonyl (C=O) groups excluding carboxylic acids is 1.